The van der Waals surface area contributed by atoms with Crippen molar-refractivity contribution in [3.05, 3.63) is 28.8 Å². The predicted molar refractivity (Wildman–Crippen MR) is 95.9 cm³/mol. The number of benzene rings is 1. The van der Waals surface area contributed by atoms with Crippen molar-refractivity contribution in [2.75, 3.05) is 26.2 Å². The summed E-state index contributed by atoms with van der Waals surface area (Å²) in [6.45, 7) is 13.0. The highest BCUT2D eigenvalue weighted by atomic mass is 35.5. The van der Waals surface area contributed by atoms with Gasteiger partial charge in [0.25, 0.3) is 0 Å². The Labute approximate surface area is 146 Å². The lowest BCUT2D eigenvalue weighted by molar-refractivity contribution is -0.0787. The molecule has 2 rings (SSSR count). The van der Waals surface area contributed by atoms with Gasteiger partial charge in [0.2, 0.25) is 0 Å². The molecule has 1 saturated heterocycles. The number of ether oxygens (including phenoxy) is 2. The van der Waals surface area contributed by atoms with Crippen molar-refractivity contribution < 1.29 is 14.6 Å². The average molecular weight is 344 g/mol. The zero-order valence-corrected chi connectivity index (χ0v) is 15.7. The van der Waals surface area contributed by atoms with Crippen molar-refractivity contribution in [1.29, 1.82) is 0 Å². The maximum absolute atomic E-state index is 10.3. The van der Waals surface area contributed by atoms with Gasteiger partial charge in [0, 0.05) is 19.6 Å². The molecular weight excluding hydrogens is 314 g/mol. The molecule has 1 heterocycles. The number of nitrogens with zero attached hydrogens (tertiary/aromatic N) is 1. The number of hydrogen-bond acceptors (Lipinski definition) is 4. The topological polar surface area (TPSA) is 41.9 Å². The fourth-order valence-corrected chi connectivity index (χ4v) is 3.12. The molecule has 0 aliphatic carbocycles. The molecule has 3 unspecified atom stereocenters. The summed E-state index contributed by atoms with van der Waals surface area (Å²) in [6.07, 6.45) is -0.0465. The van der Waals surface area contributed by atoms with Crippen molar-refractivity contribution in [2.24, 2.45) is 0 Å². The number of β-amino-alcohol motifs (C(OH)–C–C–N with tert-alkyl or cyclic N) is 1. The standard InChI is InChI=1S/C18H29NO3.ClH/c1-12-6-13(2)16(5)18(7-12)21-11-17(20)10-19-8-14(3)22-15(4)9-19;/h6-7,14-15,17,20H,8-11H2,1-5H3;1H. The van der Waals surface area contributed by atoms with E-state index < -0.39 is 6.10 Å². The molecule has 0 bridgehead atoms. The van der Waals surface area contributed by atoms with Gasteiger partial charge in [-0.2, -0.15) is 0 Å². The maximum Gasteiger partial charge on any atom is 0.122 e. The monoisotopic (exact) mass is 343 g/mol. The fourth-order valence-electron chi connectivity index (χ4n) is 3.12. The predicted octanol–water partition coefficient (Wildman–Crippen LogP) is 2.88. The van der Waals surface area contributed by atoms with E-state index >= 15 is 0 Å². The van der Waals surface area contributed by atoms with Crippen molar-refractivity contribution >= 4 is 12.4 Å². The van der Waals surface area contributed by atoms with Gasteiger partial charge >= 0.3 is 0 Å². The highest BCUT2D eigenvalue weighted by molar-refractivity contribution is 5.85. The molecule has 1 N–H and O–H groups in total. The SMILES string of the molecule is Cc1cc(C)c(C)c(OCC(O)CN2CC(C)OC(C)C2)c1.Cl. The van der Waals surface area contributed by atoms with Crippen molar-refractivity contribution in [3.8, 4) is 5.75 Å². The molecule has 1 fully saturated rings. The van der Waals surface area contributed by atoms with Crippen LogP contribution in [0.5, 0.6) is 5.75 Å². The number of morpholine rings is 1. The Hall–Kier alpha value is -0.810. The Kier molecular flexibility index (Phi) is 7.81. The summed E-state index contributed by atoms with van der Waals surface area (Å²) < 4.78 is 11.6. The van der Waals surface area contributed by atoms with Crippen molar-refractivity contribution in [3.63, 3.8) is 0 Å². The number of aryl methyl sites for hydroxylation is 2. The third kappa shape index (κ3) is 5.96. The summed E-state index contributed by atoms with van der Waals surface area (Å²) in [4.78, 5) is 2.25. The third-order valence-corrected chi connectivity index (χ3v) is 4.16. The largest absolute Gasteiger partial charge is 0.491 e. The van der Waals surface area contributed by atoms with Crippen LogP contribution >= 0.6 is 12.4 Å². The van der Waals surface area contributed by atoms with Crippen LogP contribution in [0, 0.1) is 20.8 Å². The van der Waals surface area contributed by atoms with Crippen LogP contribution in [-0.2, 0) is 4.74 Å². The molecule has 4 nitrogen and oxygen atoms in total. The summed E-state index contributed by atoms with van der Waals surface area (Å²) in [7, 11) is 0. The molecule has 0 spiro atoms. The van der Waals surface area contributed by atoms with Crippen LogP contribution in [0.4, 0.5) is 0 Å². The number of aliphatic hydroxyl groups is 1. The second-order valence-corrected chi connectivity index (χ2v) is 6.65. The number of hydrogen-bond donors (Lipinski definition) is 1. The van der Waals surface area contributed by atoms with Gasteiger partial charge < -0.3 is 14.6 Å². The lowest BCUT2D eigenvalue weighted by Gasteiger charge is -2.36. The molecule has 1 aliphatic rings. The van der Waals surface area contributed by atoms with Gasteiger partial charge in [-0.3, -0.25) is 4.90 Å². The zero-order chi connectivity index (χ0) is 16.3. The van der Waals surface area contributed by atoms with Gasteiger partial charge in [-0.1, -0.05) is 6.07 Å². The van der Waals surface area contributed by atoms with E-state index in [2.05, 4.69) is 45.6 Å². The Morgan fingerprint density at radius 2 is 1.83 bits per heavy atom. The van der Waals surface area contributed by atoms with E-state index in [1.54, 1.807) is 0 Å². The van der Waals surface area contributed by atoms with Crippen LogP contribution in [0.3, 0.4) is 0 Å². The van der Waals surface area contributed by atoms with Gasteiger partial charge in [-0.15, -0.1) is 12.4 Å². The summed E-state index contributed by atoms with van der Waals surface area (Å²) in [5.41, 5.74) is 3.55. The van der Waals surface area contributed by atoms with Crippen molar-refractivity contribution in [2.45, 2.75) is 52.9 Å². The summed E-state index contributed by atoms with van der Waals surface area (Å²) >= 11 is 0. The molecule has 23 heavy (non-hydrogen) atoms. The first kappa shape index (κ1) is 20.2. The molecule has 1 aliphatic heterocycles. The van der Waals surface area contributed by atoms with E-state index in [1.165, 1.54) is 11.1 Å². The minimum Gasteiger partial charge on any atom is -0.491 e. The molecule has 5 heteroatoms. The Bertz CT molecular complexity index is 499. The van der Waals surface area contributed by atoms with E-state index in [0.29, 0.717) is 13.2 Å². The molecule has 1 aromatic carbocycles. The highest BCUT2D eigenvalue weighted by Gasteiger charge is 2.24. The van der Waals surface area contributed by atoms with Crippen LogP contribution in [0.1, 0.15) is 30.5 Å². The van der Waals surface area contributed by atoms with Gasteiger partial charge in [-0.05, 0) is 57.4 Å². The molecule has 0 amide bonds. The van der Waals surface area contributed by atoms with Crippen LogP contribution in [0.25, 0.3) is 0 Å². The first-order chi connectivity index (χ1) is 10.3. The first-order valence-electron chi connectivity index (χ1n) is 8.11. The first-order valence-corrected chi connectivity index (χ1v) is 8.11. The summed E-state index contributed by atoms with van der Waals surface area (Å²) in [6, 6.07) is 4.18. The molecular formula is C18H30ClNO3. The minimum atomic E-state index is -0.488. The lowest BCUT2D eigenvalue weighted by Crippen LogP contribution is -2.48. The second-order valence-electron chi connectivity index (χ2n) is 6.65. The minimum absolute atomic E-state index is 0. The lowest BCUT2D eigenvalue weighted by atomic mass is 10.1. The van der Waals surface area contributed by atoms with E-state index in [0.717, 1.165) is 24.4 Å². The van der Waals surface area contributed by atoms with E-state index in [1.807, 2.05) is 6.07 Å². The Balaban J connectivity index is 0.00000264. The number of rotatable bonds is 5. The number of aliphatic hydroxyl groups excluding tert-OH is 1. The zero-order valence-electron chi connectivity index (χ0n) is 14.8. The summed E-state index contributed by atoms with van der Waals surface area (Å²) in [5, 5.41) is 10.3. The van der Waals surface area contributed by atoms with E-state index in [4.69, 9.17) is 9.47 Å². The van der Waals surface area contributed by atoms with Crippen LogP contribution in [0.2, 0.25) is 0 Å². The molecule has 0 saturated carbocycles. The molecule has 0 radical (unpaired) electrons. The average Bonchev–Trinajstić information content (AvgIpc) is 2.40. The van der Waals surface area contributed by atoms with Crippen molar-refractivity contribution in [1.82, 2.24) is 4.90 Å². The molecule has 0 aromatic heterocycles. The van der Waals surface area contributed by atoms with E-state index in [9.17, 15) is 5.11 Å². The quantitative estimate of drug-likeness (QED) is 0.892. The van der Waals surface area contributed by atoms with Crippen LogP contribution < -0.4 is 4.74 Å². The fraction of sp³-hybridized carbons (Fsp3) is 0.667. The third-order valence-electron chi connectivity index (χ3n) is 4.16. The molecule has 132 valence electrons. The normalized spacial score (nSPS) is 23.2. The van der Waals surface area contributed by atoms with Crippen LogP contribution in [0.15, 0.2) is 12.1 Å². The maximum atomic E-state index is 10.3. The van der Waals surface area contributed by atoms with Gasteiger partial charge in [-0.25, -0.2) is 0 Å². The van der Waals surface area contributed by atoms with Gasteiger partial charge in [0.05, 0.1) is 12.2 Å². The Morgan fingerprint density at radius 3 is 2.43 bits per heavy atom. The van der Waals surface area contributed by atoms with Gasteiger partial charge in [0.1, 0.15) is 18.5 Å². The second kappa shape index (κ2) is 8.88. The highest BCUT2D eigenvalue weighted by Crippen LogP contribution is 2.23. The summed E-state index contributed by atoms with van der Waals surface area (Å²) in [5.74, 6) is 0.875. The molecule has 1 aromatic rings. The smallest absolute Gasteiger partial charge is 0.122 e. The Morgan fingerprint density at radius 1 is 1.22 bits per heavy atom. The number of halogens is 1. The van der Waals surface area contributed by atoms with E-state index in [-0.39, 0.29) is 24.6 Å². The van der Waals surface area contributed by atoms with Gasteiger partial charge in [0.15, 0.2) is 0 Å². The van der Waals surface area contributed by atoms with Crippen LogP contribution in [-0.4, -0.2) is 54.6 Å². The molecule has 3 atom stereocenters.